The summed E-state index contributed by atoms with van der Waals surface area (Å²) in [6.07, 6.45) is 5.81. The van der Waals surface area contributed by atoms with E-state index < -0.39 is 5.97 Å². The van der Waals surface area contributed by atoms with Gasteiger partial charge in [0.15, 0.2) is 0 Å². The molecule has 0 heterocycles. The summed E-state index contributed by atoms with van der Waals surface area (Å²) >= 11 is 0. The summed E-state index contributed by atoms with van der Waals surface area (Å²) in [5, 5.41) is 9.22. The molecule has 0 aliphatic heterocycles. The topological polar surface area (TPSA) is 40.5 Å². The van der Waals surface area contributed by atoms with Crippen molar-refractivity contribution >= 4 is 5.97 Å². The van der Waals surface area contributed by atoms with Crippen molar-refractivity contribution in [1.29, 1.82) is 0 Å². The fourth-order valence-electron chi connectivity index (χ4n) is 3.16. The molecule has 3 saturated carbocycles. The second-order valence-electron chi connectivity index (χ2n) is 5.20. The van der Waals surface area contributed by atoms with Gasteiger partial charge in [0.05, 0.1) is 5.41 Å². The van der Waals surface area contributed by atoms with Gasteiger partial charge < -0.3 is 10.0 Å². The largest absolute Gasteiger partial charge is 0.481 e. The fourth-order valence-corrected chi connectivity index (χ4v) is 3.16. The fraction of sp³-hybridized carbons (Fsp3) is 0.909. The minimum atomic E-state index is -0.565. The molecule has 3 heteroatoms. The highest BCUT2D eigenvalue weighted by molar-refractivity contribution is 5.75. The van der Waals surface area contributed by atoms with E-state index in [9.17, 15) is 9.90 Å². The zero-order valence-electron chi connectivity index (χ0n) is 9.05. The number of rotatable bonds is 2. The van der Waals surface area contributed by atoms with Gasteiger partial charge in [-0.3, -0.25) is 4.79 Å². The van der Waals surface area contributed by atoms with Crippen molar-refractivity contribution in [3.63, 3.8) is 0 Å². The predicted molar refractivity (Wildman–Crippen MR) is 54.2 cm³/mol. The number of carbonyl (C=O) groups is 1. The average molecular weight is 197 g/mol. The lowest BCUT2D eigenvalue weighted by molar-refractivity contribution is -0.159. The van der Waals surface area contributed by atoms with Crippen molar-refractivity contribution in [3.8, 4) is 0 Å². The van der Waals surface area contributed by atoms with Gasteiger partial charge >= 0.3 is 5.97 Å². The standard InChI is InChI=1S/C11H19NO2/c1-12(2)11-6-3-10(4-7-11,5-8-11)9(13)14/h3-8H2,1-2H3,(H,13,14). The van der Waals surface area contributed by atoms with Gasteiger partial charge in [0.1, 0.15) is 0 Å². The van der Waals surface area contributed by atoms with Crippen LogP contribution < -0.4 is 0 Å². The van der Waals surface area contributed by atoms with Crippen LogP contribution in [-0.4, -0.2) is 35.6 Å². The minimum Gasteiger partial charge on any atom is -0.481 e. The van der Waals surface area contributed by atoms with Crippen LogP contribution in [-0.2, 0) is 4.79 Å². The van der Waals surface area contributed by atoms with E-state index in [1.165, 1.54) is 0 Å². The zero-order chi connectivity index (χ0) is 10.4. The van der Waals surface area contributed by atoms with Gasteiger partial charge in [-0.25, -0.2) is 0 Å². The summed E-state index contributed by atoms with van der Waals surface area (Å²) in [6, 6.07) is 0. The first kappa shape index (κ1) is 9.97. The van der Waals surface area contributed by atoms with Crippen LogP contribution in [0, 0.1) is 5.41 Å². The molecule has 80 valence electrons. The maximum atomic E-state index is 11.2. The van der Waals surface area contributed by atoms with Gasteiger partial charge in [0.2, 0.25) is 0 Å². The molecule has 3 fully saturated rings. The minimum absolute atomic E-state index is 0.317. The Kier molecular flexibility index (Phi) is 2.11. The Balaban J connectivity index is 2.17. The van der Waals surface area contributed by atoms with E-state index in [1.807, 2.05) is 0 Å². The highest BCUT2D eigenvalue weighted by atomic mass is 16.4. The molecule has 0 spiro atoms. The number of hydrogen-bond donors (Lipinski definition) is 1. The number of aliphatic carboxylic acids is 1. The molecule has 2 bridgehead atoms. The molecule has 0 radical (unpaired) electrons. The summed E-state index contributed by atoms with van der Waals surface area (Å²) in [7, 11) is 4.25. The van der Waals surface area contributed by atoms with Crippen LogP contribution >= 0.6 is 0 Å². The Morgan fingerprint density at radius 1 is 1.07 bits per heavy atom. The molecule has 0 amide bonds. The van der Waals surface area contributed by atoms with Crippen LogP contribution in [0.2, 0.25) is 0 Å². The first-order valence-corrected chi connectivity index (χ1v) is 5.42. The van der Waals surface area contributed by atoms with E-state index >= 15 is 0 Å². The molecular weight excluding hydrogens is 178 g/mol. The molecule has 0 aromatic rings. The van der Waals surface area contributed by atoms with Crippen LogP contribution in [0.25, 0.3) is 0 Å². The lowest BCUT2D eigenvalue weighted by atomic mass is 9.57. The first-order valence-electron chi connectivity index (χ1n) is 5.42. The Morgan fingerprint density at radius 3 is 1.79 bits per heavy atom. The van der Waals surface area contributed by atoms with Crippen LogP contribution in [0.5, 0.6) is 0 Å². The Bertz CT molecular complexity index is 235. The van der Waals surface area contributed by atoms with Gasteiger partial charge in [0, 0.05) is 5.54 Å². The maximum absolute atomic E-state index is 11.2. The molecule has 0 saturated heterocycles. The Labute approximate surface area is 85.1 Å². The SMILES string of the molecule is CN(C)C12CCC(C(=O)O)(CC1)CC2. The third-order valence-electron chi connectivity index (χ3n) is 4.61. The van der Waals surface area contributed by atoms with Crippen LogP contribution in [0.3, 0.4) is 0 Å². The summed E-state index contributed by atoms with van der Waals surface area (Å²) in [5.74, 6) is -0.565. The second kappa shape index (κ2) is 2.96. The van der Waals surface area contributed by atoms with E-state index in [1.54, 1.807) is 0 Å². The highest BCUT2D eigenvalue weighted by Crippen LogP contribution is 2.54. The normalized spacial score (nSPS) is 41.6. The van der Waals surface area contributed by atoms with Gasteiger partial charge in [-0.1, -0.05) is 0 Å². The maximum Gasteiger partial charge on any atom is 0.309 e. The van der Waals surface area contributed by atoms with E-state index in [4.69, 9.17) is 0 Å². The third kappa shape index (κ3) is 1.18. The van der Waals surface area contributed by atoms with Gasteiger partial charge in [-0.2, -0.15) is 0 Å². The summed E-state index contributed by atoms with van der Waals surface area (Å²) in [5.41, 5.74) is -0.0467. The number of nitrogens with zero attached hydrogens (tertiary/aromatic N) is 1. The molecule has 3 rings (SSSR count). The van der Waals surface area contributed by atoms with Crippen molar-refractivity contribution in [2.45, 2.75) is 44.1 Å². The zero-order valence-corrected chi connectivity index (χ0v) is 9.05. The monoisotopic (exact) mass is 197 g/mol. The molecule has 14 heavy (non-hydrogen) atoms. The van der Waals surface area contributed by atoms with E-state index in [0.717, 1.165) is 38.5 Å². The average Bonchev–Trinajstić information content (AvgIpc) is 2.20. The number of fused-ring (bicyclic) bond motifs is 3. The van der Waals surface area contributed by atoms with Crippen LogP contribution in [0.15, 0.2) is 0 Å². The molecule has 0 aromatic heterocycles. The molecular formula is C11H19NO2. The predicted octanol–water partition coefficient (Wildman–Crippen LogP) is 1.73. The molecule has 0 unspecified atom stereocenters. The van der Waals surface area contributed by atoms with Crippen molar-refractivity contribution < 1.29 is 9.90 Å². The summed E-state index contributed by atoms with van der Waals surface area (Å²) in [6.45, 7) is 0. The molecule has 1 N–H and O–H groups in total. The van der Waals surface area contributed by atoms with Gasteiger partial charge in [-0.15, -0.1) is 0 Å². The van der Waals surface area contributed by atoms with Crippen molar-refractivity contribution in [3.05, 3.63) is 0 Å². The summed E-state index contributed by atoms with van der Waals surface area (Å²) in [4.78, 5) is 13.5. The third-order valence-corrected chi connectivity index (χ3v) is 4.61. The molecule has 0 atom stereocenters. The smallest absolute Gasteiger partial charge is 0.309 e. The van der Waals surface area contributed by atoms with Crippen molar-refractivity contribution in [2.24, 2.45) is 5.41 Å². The summed E-state index contributed by atoms with van der Waals surface area (Å²) < 4.78 is 0. The van der Waals surface area contributed by atoms with Gasteiger partial charge in [-0.05, 0) is 52.6 Å². The second-order valence-corrected chi connectivity index (χ2v) is 5.20. The molecule has 3 nitrogen and oxygen atoms in total. The quantitative estimate of drug-likeness (QED) is 0.733. The van der Waals surface area contributed by atoms with E-state index in [2.05, 4.69) is 19.0 Å². The van der Waals surface area contributed by atoms with Crippen LogP contribution in [0.1, 0.15) is 38.5 Å². The van der Waals surface area contributed by atoms with E-state index in [0.29, 0.717) is 5.54 Å². The Morgan fingerprint density at radius 2 is 1.50 bits per heavy atom. The molecule has 0 aromatic carbocycles. The first-order chi connectivity index (χ1) is 6.51. The lowest BCUT2D eigenvalue weighted by Crippen LogP contribution is -2.56. The Hall–Kier alpha value is -0.570. The lowest BCUT2D eigenvalue weighted by Gasteiger charge is -2.54. The van der Waals surface area contributed by atoms with Crippen molar-refractivity contribution in [1.82, 2.24) is 4.90 Å². The number of hydrogen-bond acceptors (Lipinski definition) is 2. The molecule has 3 aliphatic carbocycles. The van der Waals surface area contributed by atoms with Crippen molar-refractivity contribution in [2.75, 3.05) is 14.1 Å². The van der Waals surface area contributed by atoms with E-state index in [-0.39, 0.29) is 5.41 Å². The van der Waals surface area contributed by atoms with Crippen LogP contribution in [0.4, 0.5) is 0 Å². The number of carboxylic acids is 1. The van der Waals surface area contributed by atoms with Gasteiger partial charge in [0.25, 0.3) is 0 Å². The molecule has 3 aliphatic rings. The number of carboxylic acid groups (broad SMARTS) is 1. The highest BCUT2D eigenvalue weighted by Gasteiger charge is 2.53.